The zero-order chi connectivity index (χ0) is 11.7. The Balaban J connectivity index is 2.47. The van der Waals surface area contributed by atoms with Crippen LogP contribution in [-0.4, -0.2) is 16.9 Å². The van der Waals surface area contributed by atoms with Gasteiger partial charge < -0.3 is 5.11 Å². The van der Waals surface area contributed by atoms with Crippen molar-refractivity contribution in [2.45, 2.75) is 25.7 Å². The molecular weight excluding hydrogens is 272 g/mol. The van der Waals surface area contributed by atoms with Crippen molar-refractivity contribution in [1.29, 1.82) is 0 Å². The van der Waals surface area contributed by atoms with Crippen LogP contribution in [0.15, 0.2) is 16.6 Å². The van der Waals surface area contributed by atoms with Gasteiger partial charge in [-0.3, -0.25) is 4.79 Å². The van der Waals surface area contributed by atoms with Gasteiger partial charge in [-0.2, -0.15) is 0 Å². The van der Waals surface area contributed by atoms with E-state index in [4.69, 9.17) is 5.11 Å². The number of aryl methyl sites for hydroxylation is 1. The molecule has 1 aliphatic carbocycles. The number of carbonyl (C=O) groups excluding carboxylic acids is 1. The van der Waals surface area contributed by atoms with Crippen molar-refractivity contribution < 1.29 is 14.7 Å². The van der Waals surface area contributed by atoms with E-state index >= 15 is 0 Å². The molecule has 4 heteroatoms. The molecule has 3 nitrogen and oxygen atoms in total. The molecule has 0 bridgehead atoms. The van der Waals surface area contributed by atoms with Crippen molar-refractivity contribution in [1.82, 2.24) is 0 Å². The highest BCUT2D eigenvalue weighted by atomic mass is 79.9. The van der Waals surface area contributed by atoms with Gasteiger partial charge in [-0.25, -0.2) is 4.79 Å². The Morgan fingerprint density at radius 2 is 1.88 bits per heavy atom. The Bertz CT molecular complexity index is 466. The van der Waals surface area contributed by atoms with Crippen LogP contribution >= 0.6 is 15.9 Å². The number of rotatable bonds is 2. The van der Waals surface area contributed by atoms with Gasteiger partial charge in [0.1, 0.15) is 0 Å². The third kappa shape index (κ3) is 2.02. The number of carboxylic acid groups (broad SMARTS) is 1. The Morgan fingerprint density at radius 1 is 1.19 bits per heavy atom. The molecule has 1 aromatic carbocycles. The Morgan fingerprint density at radius 3 is 2.56 bits per heavy atom. The van der Waals surface area contributed by atoms with Crippen LogP contribution in [0.3, 0.4) is 0 Å². The average Bonchev–Trinajstić information content (AvgIpc) is 2.28. The lowest BCUT2D eigenvalue weighted by atomic mass is 9.90. The zero-order valence-electron chi connectivity index (χ0n) is 8.62. The lowest BCUT2D eigenvalue weighted by molar-refractivity contribution is -0.131. The lowest BCUT2D eigenvalue weighted by Crippen LogP contribution is -2.14. The smallest absolute Gasteiger partial charge is 0.377 e. The minimum atomic E-state index is -1.40. The van der Waals surface area contributed by atoms with E-state index in [2.05, 4.69) is 15.9 Å². The number of hydrogen-bond donors (Lipinski definition) is 1. The van der Waals surface area contributed by atoms with Crippen LogP contribution in [0.1, 0.15) is 34.3 Å². The number of fused-ring (bicyclic) bond motifs is 1. The minimum Gasteiger partial charge on any atom is -0.475 e. The molecule has 1 aliphatic rings. The molecule has 0 aromatic heterocycles. The molecule has 0 spiro atoms. The molecular formula is C12H11BrO3. The van der Waals surface area contributed by atoms with Gasteiger partial charge >= 0.3 is 5.97 Å². The van der Waals surface area contributed by atoms with Crippen LogP contribution in [0.5, 0.6) is 0 Å². The summed E-state index contributed by atoms with van der Waals surface area (Å²) in [6.07, 6.45) is 4.17. The molecule has 0 saturated heterocycles. The molecule has 84 valence electrons. The molecule has 0 fully saturated rings. The van der Waals surface area contributed by atoms with Gasteiger partial charge in [-0.05, 0) is 48.9 Å². The van der Waals surface area contributed by atoms with E-state index in [9.17, 15) is 9.59 Å². The SMILES string of the molecule is O=C(O)C(=O)c1cc(Br)c2c(c1)CCCC2. The van der Waals surface area contributed by atoms with E-state index in [0.29, 0.717) is 0 Å². The van der Waals surface area contributed by atoms with Gasteiger partial charge in [0.05, 0.1) is 0 Å². The Kier molecular flexibility index (Phi) is 3.10. The predicted octanol–water partition coefficient (Wildman–Crippen LogP) is 2.60. The lowest BCUT2D eigenvalue weighted by Gasteiger charge is -2.17. The standard InChI is InChI=1S/C12H11BrO3/c13-10-6-8(11(14)12(15)16)5-7-3-1-2-4-9(7)10/h5-6H,1-4H2,(H,15,16). The van der Waals surface area contributed by atoms with E-state index < -0.39 is 11.8 Å². The van der Waals surface area contributed by atoms with E-state index in [0.717, 1.165) is 35.7 Å². The summed E-state index contributed by atoms with van der Waals surface area (Å²) >= 11 is 3.41. The molecule has 0 atom stereocenters. The number of hydrogen-bond acceptors (Lipinski definition) is 2. The number of Topliss-reactive ketones (excluding diaryl/α,β-unsaturated/α-hetero) is 1. The Labute approximate surface area is 102 Å². The van der Waals surface area contributed by atoms with E-state index in [-0.39, 0.29) is 5.56 Å². The summed E-state index contributed by atoms with van der Waals surface area (Å²) in [6, 6.07) is 3.33. The molecule has 0 heterocycles. The number of carbonyl (C=O) groups is 2. The van der Waals surface area contributed by atoms with Gasteiger partial charge in [0.15, 0.2) is 0 Å². The first-order chi connectivity index (χ1) is 7.59. The van der Waals surface area contributed by atoms with Crippen molar-refractivity contribution in [3.63, 3.8) is 0 Å². The molecule has 1 N–H and O–H groups in total. The summed E-state index contributed by atoms with van der Waals surface area (Å²) in [4.78, 5) is 22.0. The molecule has 2 rings (SSSR count). The quantitative estimate of drug-likeness (QED) is 0.670. The van der Waals surface area contributed by atoms with Crippen LogP contribution in [0.4, 0.5) is 0 Å². The van der Waals surface area contributed by atoms with Crippen molar-refractivity contribution in [2.75, 3.05) is 0 Å². The first-order valence-corrected chi connectivity index (χ1v) is 5.98. The van der Waals surface area contributed by atoms with Gasteiger partial charge in [0, 0.05) is 10.0 Å². The van der Waals surface area contributed by atoms with E-state index in [1.807, 2.05) is 0 Å². The highest BCUT2D eigenvalue weighted by Crippen LogP contribution is 2.29. The fraction of sp³-hybridized carbons (Fsp3) is 0.333. The van der Waals surface area contributed by atoms with Crippen LogP contribution in [-0.2, 0) is 17.6 Å². The van der Waals surface area contributed by atoms with Crippen molar-refractivity contribution in [3.05, 3.63) is 33.3 Å². The topological polar surface area (TPSA) is 54.4 Å². The maximum Gasteiger partial charge on any atom is 0.377 e. The van der Waals surface area contributed by atoms with Gasteiger partial charge in [0.2, 0.25) is 0 Å². The summed E-state index contributed by atoms with van der Waals surface area (Å²) in [5.41, 5.74) is 2.58. The number of halogens is 1. The highest BCUT2D eigenvalue weighted by molar-refractivity contribution is 9.10. The molecule has 1 aromatic rings. The minimum absolute atomic E-state index is 0.264. The molecule has 0 amide bonds. The number of benzene rings is 1. The highest BCUT2D eigenvalue weighted by Gasteiger charge is 2.19. The summed E-state index contributed by atoms with van der Waals surface area (Å²) in [5, 5.41) is 8.67. The molecule has 0 unspecified atom stereocenters. The van der Waals surface area contributed by atoms with E-state index in [1.165, 1.54) is 5.56 Å². The molecule has 16 heavy (non-hydrogen) atoms. The zero-order valence-corrected chi connectivity index (χ0v) is 10.2. The third-order valence-electron chi connectivity index (χ3n) is 2.87. The summed E-state index contributed by atoms with van der Waals surface area (Å²) in [5.74, 6) is -2.24. The molecule has 0 aliphatic heterocycles. The maximum atomic E-state index is 11.4. The van der Waals surface area contributed by atoms with Crippen molar-refractivity contribution in [3.8, 4) is 0 Å². The van der Waals surface area contributed by atoms with Crippen LogP contribution in [0, 0.1) is 0 Å². The molecule has 0 saturated carbocycles. The predicted molar refractivity (Wildman–Crippen MR) is 62.8 cm³/mol. The second-order valence-corrected chi connectivity index (χ2v) is 4.79. The van der Waals surface area contributed by atoms with Crippen molar-refractivity contribution in [2.24, 2.45) is 0 Å². The van der Waals surface area contributed by atoms with Gasteiger partial charge in [0.25, 0.3) is 5.78 Å². The number of aliphatic carboxylic acids is 1. The number of ketones is 1. The van der Waals surface area contributed by atoms with Gasteiger partial charge in [-0.1, -0.05) is 15.9 Å². The third-order valence-corrected chi connectivity index (χ3v) is 3.57. The number of carboxylic acids is 1. The normalized spacial score (nSPS) is 14.3. The van der Waals surface area contributed by atoms with Gasteiger partial charge in [-0.15, -0.1) is 0 Å². The van der Waals surface area contributed by atoms with Crippen LogP contribution < -0.4 is 0 Å². The first-order valence-electron chi connectivity index (χ1n) is 5.18. The second-order valence-electron chi connectivity index (χ2n) is 3.94. The fourth-order valence-corrected chi connectivity index (χ4v) is 2.77. The summed E-state index contributed by atoms with van der Waals surface area (Å²) in [7, 11) is 0. The maximum absolute atomic E-state index is 11.4. The monoisotopic (exact) mass is 282 g/mol. The largest absolute Gasteiger partial charge is 0.475 e. The van der Waals surface area contributed by atoms with E-state index in [1.54, 1.807) is 12.1 Å². The van der Waals surface area contributed by atoms with Crippen LogP contribution in [0.2, 0.25) is 0 Å². The summed E-state index contributed by atoms with van der Waals surface area (Å²) < 4.78 is 0.856. The first kappa shape index (κ1) is 11.3. The van der Waals surface area contributed by atoms with Crippen molar-refractivity contribution >= 4 is 27.7 Å². The second kappa shape index (κ2) is 4.37. The fourth-order valence-electron chi connectivity index (χ4n) is 2.07. The average molecular weight is 283 g/mol. The van der Waals surface area contributed by atoms with Crippen LogP contribution in [0.25, 0.3) is 0 Å². The summed E-state index contributed by atoms with van der Waals surface area (Å²) in [6.45, 7) is 0. The Hall–Kier alpha value is -1.16. The molecule has 0 radical (unpaired) electrons.